The molecule has 42 heavy (non-hydrogen) atoms. The number of aliphatic hydroxyl groups is 1. The lowest BCUT2D eigenvalue weighted by atomic mass is 9.50. The highest BCUT2D eigenvalue weighted by atomic mass is 35.5. The van der Waals surface area contributed by atoms with Crippen LogP contribution in [0.15, 0.2) is 12.2 Å². The second-order valence-electron chi connectivity index (χ2n) is 12.1. The van der Waals surface area contributed by atoms with Gasteiger partial charge in [0.15, 0.2) is 17.5 Å². The van der Waals surface area contributed by atoms with Crippen LogP contribution in [0, 0.1) is 17.3 Å². The lowest BCUT2D eigenvalue weighted by Gasteiger charge is -2.63. The van der Waals surface area contributed by atoms with Crippen LogP contribution in [-0.2, 0) is 57.1 Å². The van der Waals surface area contributed by atoms with Crippen molar-refractivity contribution < 1.29 is 62.2 Å². The zero-order chi connectivity index (χ0) is 31.2. The Morgan fingerprint density at radius 2 is 1.48 bits per heavy atom. The summed E-state index contributed by atoms with van der Waals surface area (Å²) in [6, 6.07) is 0. The van der Waals surface area contributed by atoms with Crippen molar-refractivity contribution in [2.45, 2.75) is 107 Å². The molecule has 232 valence electrons. The molecule has 5 fully saturated rings. The number of carbonyl (C=O) groups excluding carboxylic acids is 5. The summed E-state index contributed by atoms with van der Waals surface area (Å²) < 4.78 is 41.6. The van der Waals surface area contributed by atoms with Crippen LogP contribution in [0.2, 0.25) is 0 Å². The Hall–Kier alpha value is -2.74. The van der Waals surface area contributed by atoms with E-state index < -0.39 is 106 Å². The molecule has 0 radical (unpaired) electrons. The fourth-order valence-corrected chi connectivity index (χ4v) is 8.18. The SMILES string of the molecule is C=C1C(Cl)C2OC(=O)C(C)C23OC1(O)CC(OC(C)=O)C1(C)C(OC(C)=O)CC(OC(C)=O)C2(CO2)C1C3OC(C)=O. The van der Waals surface area contributed by atoms with Gasteiger partial charge in [0.25, 0.3) is 0 Å². The van der Waals surface area contributed by atoms with Crippen LogP contribution < -0.4 is 0 Å². The standard InChI is InChI=1S/C28H35ClO13/c1-11-20(29)22-28(12(2)24(34)41-22)23(40-16(6)33)21-25(7,19(39-15(5)32)9-27(11,35)42-28)17(37-13(3)30)8-18(38-14(4)31)26(21)10-36-26/h12,17-23,35H,1,8-10H2,2-7H3. The number of fused-ring (bicyclic) bond motifs is 3. The van der Waals surface area contributed by atoms with E-state index in [1.807, 2.05) is 0 Å². The summed E-state index contributed by atoms with van der Waals surface area (Å²) in [5, 5.41) is 10.9. The van der Waals surface area contributed by atoms with E-state index in [0.717, 1.165) is 6.92 Å². The first kappa shape index (κ1) is 30.7. The van der Waals surface area contributed by atoms with E-state index >= 15 is 0 Å². The lowest BCUT2D eigenvalue weighted by molar-refractivity contribution is -0.356. The molecule has 5 aliphatic rings. The van der Waals surface area contributed by atoms with Crippen LogP contribution >= 0.6 is 11.6 Å². The third-order valence-corrected chi connectivity index (χ3v) is 10.1. The van der Waals surface area contributed by atoms with Gasteiger partial charge < -0.3 is 38.3 Å². The second kappa shape index (κ2) is 9.90. The third-order valence-electron chi connectivity index (χ3n) is 9.63. The van der Waals surface area contributed by atoms with Crippen LogP contribution in [0.3, 0.4) is 0 Å². The number of epoxide rings is 1. The van der Waals surface area contributed by atoms with E-state index in [0.29, 0.717) is 0 Å². The zero-order valence-corrected chi connectivity index (χ0v) is 24.9. The summed E-state index contributed by atoms with van der Waals surface area (Å²) in [4.78, 5) is 63.4. The molecule has 1 aliphatic carbocycles. The summed E-state index contributed by atoms with van der Waals surface area (Å²) >= 11 is 6.82. The normalized spacial score (nSPS) is 47.1. The molecule has 13 nitrogen and oxygen atoms in total. The molecule has 1 saturated carbocycles. The second-order valence-corrected chi connectivity index (χ2v) is 12.6. The highest BCUT2D eigenvalue weighted by Crippen LogP contribution is 2.66. The average molecular weight is 615 g/mol. The van der Waals surface area contributed by atoms with Gasteiger partial charge in [-0.3, -0.25) is 24.0 Å². The number of halogens is 1. The molecule has 0 amide bonds. The van der Waals surface area contributed by atoms with Crippen molar-refractivity contribution in [1.29, 1.82) is 0 Å². The molecule has 2 bridgehead atoms. The number of rotatable bonds is 4. The predicted octanol–water partition coefficient (Wildman–Crippen LogP) is 1.09. The summed E-state index contributed by atoms with van der Waals surface area (Å²) in [7, 11) is 0. The first-order valence-electron chi connectivity index (χ1n) is 13.7. The molecular formula is C28H35ClO13. The van der Waals surface area contributed by atoms with Crippen LogP contribution in [-0.4, -0.2) is 94.4 Å². The molecular weight excluding hydrogens is 580 g/mol. The molecule has 12 unspecified atom stereocenters. The Morgan fingerprint density at radius 3 is 2.00 bits per heavy atom. The van der Waals surface area contributed by atoms with Crippen molar-refractivity contribution in [2.24, 2.45) is 17.3 Å². The van der Waals surface area contributed by atoms with Crippen molar-refractivity contribution in [1.82, 2.24) is 0 Å². The monoisotopic (exact) mass is 614 g/mol. The lowest BCUT2D eigenvalue weighted by Crippen LogP contribution is -2.78. The van der Waals surface area contributed by atoms with Crippen LogP contribution in [0.25, 0.3) is 0 Å². The largest absolute Gasteiger partial charge is 0.462 e. The number of carbonyl (C=O) groups is 5. The molecule has 2 spiro atoms. The van der Waals surface area contributed by atoms with Crippen molar-refractivity contribution in [3.8, 4) is 0 Å². The number of esters is 5. The minimum absolute atomic E-state index is 0.00770. The smallest absolute Gasteiger partial charge is 0.312 e. The van der Waals surface area contributed by atoms with E-state index in [-0.39, 0.29) is 18.6 Å². The molecule has 4 heterocycles. The van der Waals surface area contributed by atoms with Gasteiger partial charge in [0, 0.05) is 52.0 Å². The van der Waals surface area contributed by atoms with Crippen molar-refractivity contribution in [3.63, 3.8) is 0 Å². The minimum atomic E-state index is -2.32. The topological polar surface area (TPSA) is 173 Å². The molecule has 1 N–H and O–H groups in total. The maximum Gasteiger partial charge on any atom is 0.312 e. The van der Waals surface area contributed by atoms with Gasteiger partial charge in [0.2, 0.25) is 0 Å². The summed E-state index contributed by atoms with van der Waals surface area (Å²) in [5.41, 5.74) is -4.85. The van der Waals surface area contributed by atoms with Crippen LogP contribution in [0.1, 0.15) is 54.4 Å². The molecule has 4 saturated heterocycles. The fourth-order valence-electron chi connectivity index (χ4n) is 7.76. The van der Waals surface area contributed by atoms with Gasteiger partial charge >= 0.3 is 29.8 Å². The van der Waals surface area contributed by atoms with Gasteiger partial charge in [-0.1, -0.05) is 13.5 Å². The van der Waals surface area contributed by atoms with Crippen LogP contribution in [0.5, 0.6) is 0 Å². The highest BCUT2D eigenvalue weighted by molar-refractivity contribution is 6.23. The zero-order valence-electron chi connectivity index (χ0n) is 24.2. The van der Waals surface area contributed by atoms with Gasteiger partial charge in [-0.05, 0) is 6.92 Å². The van der Waals surface area contributed by atoms with Gasteiger partial charge in [-0.25, -0.2) is 0 Å². The van der Waals surface area contributed by atoms with Crippen molar-refractivity contribution in [3.05, 3.63) is 12.2 Å². The van der Waals surface area contributed by atoms with Crippen LogP contribution in [0.4, 0.5) is 0 Å². The molecule has 12 atom stereocenters. The van der Waals surface area contributed by atoms with Gasteiger partial charge in [-0.2, -0.15) is 0 Å². The maximum atomic E-state index is 13.2. The molecule has 14 heteroatoms. The average Bonchev–Trinajstić information content (AvgIpc) is 3.60. The van der Waals surface area contributed by atoms with Gasteiger partial charge in [-0.15, -0.1) is 11.6 Å². The Morgan fingerprint density at radius 1 is 0.952 bits per heavy atom. The summed E-state index contributed by atoms with van der Waals surface area (Å²) in [6.07, 6.45) is -6.73. The number of hydrogen-bond donors (Lipinski definition) is 1. The Kier molecular flexibility index (Phi) is 7.24. The maximum absolute atomic E-state index is 13.2. The molecule has 0 aromatic heterocycles. The van der Waals surface area contributed by atoms with Crippen molar-refractivity contribution in [2.75, 3.05) is 6.61 Å². The minimum Gasteiger partial charge on any atom is -0.462 e. The van der Waals surface area contributed by atoms with Gasteiger partial charge in [0.05, 0.1) is 23.3 Å². The molecule has 0 aromatic rings. The first-order chi connectivity index (χ1) is 19.4. The molecule has 5 rings (SSSR count). The number of ether oxygens (including phenoxy) is 7. The quantitative estimate of drug-likeness (QED) is 0.157. The van der Waals surface area contributed by atoms with E-state index in [1.165, 1.54) is 27.7 Å². The predicted molar refractivity (Wildman–Crippen MR) is 138 cm³/mol. The third kappa shape index (κ3) is 4.26. The van der Waals surface area contributed by atoms with E-state index in [9.17, 15) is 29.1 Å². The van der Waals surface area contributed by atoms with E-state index in [1.54, 1.807) is 6.92 Å². The summed E-state index contributed by atoms with van der Waals surface area (Å²) in [6.45, 7) is 11.8. The Balaban J connectivity index is 1.85. The number of hydrogen-bond acceptors (Lipinski definition) is 13. The van der Waals surface area contributed by atoms with E-state index in [4.69, 9.17) is 44.8 Å². The molecule has 0 aromatic carbocycles. The Labute approximate surface area is 247 Å². The highest BCUT2D eigenvalue weighted by Gasteiger charge is 2.82. The fraction of sp³-hybridized carbons (Fsp3) is 0.750. The Bertz CT molecular complexity index is 1250. The van der Waals surface area contributed by atoms with E-state index in [2.05, 4.69) is 6.58 Å². The molecule has 4 aliphatic heterocycles. The van der Waals surface area contributed by atoms with Gasteiger partial charge in [0.1, 0.15) is 30.0 Å². The summed E-state index contributed by atoms with van der Waals surface area (Å²) in [5.74, 6) is -8.17. The van der Waals surface area contributed by atoms with Crippen molar-refractivity contribution >= 4 is 41.4 Å². The first-order valence-corrected chi connectivity index (χ1v) is 14.2. The number of alkyl halides is 1.